The highest BCUT2D eigenvalue weighted by Gasteiger charge is 2.52. The van der Waals surface area contributed by atoms with E-state index in [0.29, 0.717) is 57.8 Å². The highest BCUT2D eigenvalue weighted by molar-refractivity contribution is 7.46. The first-order valence-corrected chi connectivity index (χ1v) is 37.6. The normalized spacial score (nSPS) is 18.0. The fraction of sp³-hybridized carbons (Fsp3) is 0.899. The number of aliphatic hydroxyl groups excluding tert-OH is 1. The minimum absolute atomic E-state index is 0.119. The molecule has 9 atom stereocenters. The molecule has 0 spiro atoms. The van der Waals surface area contributed by atoms with Crippen molar-refractivity contribution < 1.29 is 86.0 Å². The van der Waals surface area contributed by atoms with Crippen molar-refractivity contribution in [3.05, 3.63) is 0 Å². The van der Waals surface area contributed by atoms with Crippen molar-refractivity contribution >= 4 is 49.4 Å². The second-order valence-corrected chi connectivity index (χ2v) is 26.6. The molecular weight excluding hydrogens is 1190 g/mol. The van der Waals surface area contributed by atoms with E-state index in [0.717, 1.165) is 141 Å². The summed E-state index contributed by atoms with van der Waals surface area (Å²) in [4.78, 5) is 116. The Morgan fingerprint density at radius 1 is 0.462 bits per heavy atom. The maximum absolute atomic E-state index is 14.6. The van der Waals surface area contributed by atoms with Gasteiger partial charge in [0, 0.05) is 19.3 Å². The molecule has 0 aliphatic carbocycles. The Hall–Kier alpha value is -3.72. The number of nitrogens with one attached hydrogen (secondary N) is 2. The van der Waals surface area contributed by atoms with Crippen LogP contribution in [0.3, 0.4) is 0 Å². The predicted octanol–water partition coefficient (Wildman–Crippen LogP) is 14.0. The molecular formula is C69H128N3O18P. The lowest BCUT2D eigenvalue weighted by molar-refractivity contribution is -0.272. The fourth-order valence-electron chi connectivity index (χ4n) is 11.4. The third-order valence-electron chi connectivity index (χ3n) is 16.7. The molecule has 3 unspecified atom stereocenters. The highest BCUT2D eigenvalue weighted by Crippen LogP contribution is 2.42. The topological polar surface area (TPSA) is 312 Å². The average molecular weight is 1320 g/mol. The molecule has 1 heterocycles. The van der Waals surface area contributed by atoms with E-state index in [2.05, 4.69) is 31.4 Å². The van der Waals surface area contributed by atoms with Gasteiger partial charge in [-0.1, -0.05) is 234 Å². The van der Waals surface area contributed by atoms with Gasteiger partial charge in [-0.3, -0.25) is 38.1 Å². The van der Waals surface area contributed by atoms with Gasteiger partial charge < -0.3 is 59.7 Å². The van der Waals surface area contributed by atoms with Crippen LogP contribution >= 0.6 is 7.82 Å². The predicted molar refractivity (Wildman–Crippen MR) is 353 cm³/mol. The molecule has 532 valence electrons. The van der Waals surface area contributed by atoms with Crippen LogP contribution < -0.4 is 16.4 Å². The summed E-state index contributed by atoms with van der Waals surface area (Å²) in [5, 5.41) is 16.2. The Bertz CT molecular complexity index is 1960. The van der Waals surface area contributed by atoms with Crippen molar-refractivity contribution in [1.82, 2.24) is 10.6 Å². The third kappa shape index (κ3) is 45.3. The second kappa shape index (κ2) is 55.6. The monoisotopic (exact) mass is 1320 g/mol. The average Bonchev–Trinajstić information content (AvgIpc) is 2.19. The zero-order valence-electron chi connectivity index (χ0n) is 57.4. The van der Waals surface area contributed by atoms with E-state index in [1.807, 2.05) is 20.8 Å². The summed E-state index contributed by atoms with van der Waals surface area (Å²) in [6, 6.07) is -3.32. The number of carbonyl (C=O) groups excluding carboxylic acids is 7. The lowest BCUT2D eigenvalue weighted by Gasteiger charge is -2.45. The van der Waals surface area contributed by atoms with Crippen molar-refractivity contribution in [3.8, 4) is 0 Å². The fourth-order valence-corrected chi connectivity index (χ4v) is 12.0. The van der Waals surface area contributed by atoms with E-state index in [-0.39, 0.29) is 25.7 Å². The lowest BCUT2D eigenvalue weighted by atomic mass is 9.95. The molecule has 91 heavy (non-hydrogen) atoms. The molecule has 22 heteroatoms. The van der Waals surface area contributed by atoms with Gasteiger partial charge in [-0.15, -0.1) is 0 Å². The molecule has 21 nitrogen and oxygen atoms in total. The number of esters is 4. The van der Waals surface area contributed by atoms with Gasteiger partial charge in [0.2, 0.25) is 17.7 Å². The first kappa shape index (κ1) is 85.3. The minimum atomic E-state index is -5.53. The Morgan fingerprint density at radius 3 is 1.15 bits per heavy atom. The number of nitrogens with two attached hydrogens (primary N) is 1. The van der Waals surface area contributed by atoms with Crippen LogP contribution in [0.5, 0.6) is 0 Å². The molecule has 0 aromatic heterocycles. The van der Waals surface area contributed by atoms with Crippen LogP contribution in [-0.2, 0) is 71.1 Å². The van der Waals surface area contributed by atoms with Crippen LogP contribution in [0.1, 0.15) is 330 Å². The van der Waals surface area contributed by atoms with Crippen molar-refractivity contribution in [2.45, 2.75) is 385 Å². The van der Waals surface area contributed by atoms with E-state index in [4.69, 9.17) is 38.7 Å². The van der Waals surface area contributed by atoms with Crippen LogP contribution in [-0.4, -0.2) is 125 Å². The standard InChI is InChI=1S/C69H128N3O18P/c1-7-13-19-22-25-28-31-34-40-43-54(85-61(76)46-37-16-10-4)49-59(74)71-57(68(70)80)53-84-69-65(72-60(75)50-55(86-62(77)47-38-17-11-5)44-41-35-32-29-26-23-20-14-8-2)67(66(58(52-73)88-69)90-91(81,82)83)89-64(79)51-56(87-63(78)48-39-18-12-6)45-42-36-33-30-27-24-21-15-9-3/h54-58,65-67,69,73H,7-53H2,1-6H3,(H2,70,80)(H,71,74)(H,72,75)(H2,81,82,83)/t54-,55-,56-,57?,58?,65+,66+,67?,69-/m1/s1. The number of hydrogen-bond acceptors (Lipinski definition) is 16. The summed E-state index contributed by atoms with van der Waals surface area (Å²) in [5.74, 6) is -4.97. The summed E-state index contributed by atoms with van der Waals surface area (Å²) in [6.07, 6.45) is 24.9. The van der Waals surface area contributed by atoms with E-state index < -0.39 is 130 Å². The molecule has 1 rings (SSSR count). The minimum Gasteiger partial charge on any atom is -0.462 e. The maximum Gasteiger partial charge on any atom is 0.470 e. The second-order valence-electron chi connectivity index (χ2n) is 25.4. The molecule has 1 fully saturated rings. The van der Waals surface area contributed by atoms with Crippen molar-refractivity contribution in [3.63, 3.8) is 0 Å². The Balaban J connectivity index is 3.78. The van der Waals surface area contributed by atoms with Gasteiger partial charge in [0.05, 0.1) is 32.5 Å². The quantitative estimate of drug-likeness (QED) is 0.0143. The first-order valence-electron chi connectivity index (χ1n) is 36.1. The molecule has 0 aromatic rings. The van der Waals surface area contributed by atoms with Crippen LogP contribution in [0.15, 0.2) is 0 Å². The number of phosphoric acid groups is 1. The molecule has 0 bridgehead atoms. The first-order chi connectivity index (χ1) is 43.8. The zero-order chi connectivity index (χ0) is 67.3. The van der Waals surface area contributed by atoms with Crippen LogP contribution in [0.2, 0.25) is 0 Å². The number of rotatable bonds is 61. The number of phosphoric ester groups is 1. The summed E-state index contributed by atoms with van der Waals surface area (Å²) < 4.78 is 54.2. The van der Waals surface area contributed by atoms with Crippen LogP contribution in [0, 0.1) is 0 Å². The summed E-state index contributed by atoms with van der Waals surface area (Å²) >= 11 is 0. The van der Waals surface area contributed by atoms with Gasteiger partial charge >= 0.3 is 31.7 Å². The number of carbonyl (C=O) groups is 7. The maximum atomic E-state index is 14.6. The Labute approximate surface area is 548 Å². The SMILES string of the molecule is CCCCCCCCCCC[C@H](CC(=O)NC(CO[C@@H]1OC(CO)[C@H](OP(=O)(O)O)C(OC(=O)C[C@@H](CCCCCCCCCCC)OC(=O)CCCCC)[C@@H]1NC(=O)C[C@@H](CCCCCCCCCCC)OC(=O)CCCCC)C(N)=O)OC(=O)CCCCC. The highest BCUT2D eigenvalue weighted by atomic mass is 31.2. The molecule has 0 saturated carbocycles. The number of unbranched alkanes of at least 4 members (excludes halogenated alkanes) is 30. The number of amides is 3. The molecule has 0 radical (unpaired) electrons. The molecule has 3 amide bonds. The Morgan fingerprint density at radius 2 is 0.802 bits per heavy atom. The van der Waals surface area contributed by atoms with E-state index in [9.17, 15) is 53.0 Å². The number of hydrogen-bond donors (Lipinski definition) is 6. The Kier molecular flexibility index (Phi) is 52.1. The molecule has 1 saturated heterocycles. The largest absolute Gasteiger partial charge is 0.470 e. The van der Waals surface area contributed by atoms with E-state index in [1.54, 1.807) is 0 Å². The van der Waals surface area contributed by atoms with Gasteiger partial charge in [-0.2, -0.15) is 0 Å². The van der Waals surface area contributed by atoms with Gasteiger partial charge in [-0.05, 0) is 57.8 Å². The lowest BCUT2D eigenvalue weighted by Crippen LogP contribution is -2.67. The zero-order valence-corrected chi connectivity index (χ0v) is 58.3. The summed E-state index contributed by atoms with van der Waals surface area (Å²) in [5.41, 5.74) is 5.90. The van der Waals surface area contributed by atoms with E-state index in [1.165, 1.54) is 51.4 Å². The van der Waals surface area contributed by atoms with Gasteiger partial charge in [0.15, 0.2) is 12.4 Å². The van der Waals surface area contributed by atoms with Crippen LogP contribution in [0.4, 0.5) is 0 Å². The molecule has 1 aliphatic rings. The summed E-state index contributed by atoms with van der Waals surface area (Å²) in [7, 11) is -5.53. The van der Waals surface area contributed by atoms with Crippen molar-refractivity contribution in [1.29, 1.82) is 0 Å². The van der Waals surface area contributed by atoms with Crippen LogP contribution in [0.25, 0.3) is 0 Å². The van der Waals surface area contributed by atoms with Gasteiger partial charge in [-0.25, -0.2) is 4.57 Å². The summed E-state index contributed by atoms with van der Waals surface area (Å²) in [6.45, 7) is 10.8. The van der Waals surface area contributed by atoms with Crippen molar-refractivity contribution in [2.24, 2.45) is 5.73 Å². The van der Waals surface area contributed by atoms with E-state index >= 15 is 0 Å². The smallest absolute Gasteiger partial charge is 0.462 e. The third-order valence-corrected chi connectivity index (χ3v) is 17.3. The number of aliphatic hydroxyl groups is 1. The number of ether oxygens (including phenoxy) is 6. The van der Waals surface area contributed by atoms with Crippen molar-refractivity contribution in [2.75, 3.05) is 13.2 Å². The molecule has 1 aliphatic heterocycles. The number of primary amides is 1. The van der Waals surface area contributed by atoms with Gasteiger partial charge in [0.25, 0.3) is 0 Å². The molecule has 7 N–H and O–H groups in total. The molecule has 0 aromatic carbocycles. The van der Waals surface area contributed by atoms with Gasteiger partial charge in [0.1, 0.15) is 42.6 Å².